The summed E-state index contributed by atoms with van der Waals surface area (Å²) in [6.45, 7) is 3.30. The molecule has 2 atom stereocenters. The highest BCUT2D eigenvalue weighted by molar-refractivity contribution is 9.11. The first kappa shape index (κ1) is 10.9. The summed E-state index contributed by atoms with van der Waals surface area (Å²) < 4.78 is 2.12. The zero-order valence-corrected chi connectivity index (χ0v) is 11.6. The van der Waals surface area contributed by atoms with Crippen molar-refractivity contribution in [1.29, 1.82) is 0 Å². The molecule has 0 radical (unpaired) electrons. The van der Waals surface area contributed by atoms with Gasteiger partial charge in [-0.05, 0) is 31.9 Å². The second kappa shape index (κ2) is 4.51. The summed E-state index contributed by atoms with van der Waals surface area (Å²) in [6.07, 6.45) is 3.68. The SMILES string of the molecule is CC1CNC(c2c(Br)cncc2Br)S1. The average molecular weight is 338 g/mol. The van der Waals surface area contributed by atoms with Crippen LogP contribution in [-0.4, -0.2) is 16.8 Å². The normalized spacial score (nSPS) is 26.8. The van der Waals surface area contributed by atoms with E-state index in [-0.39, 0.29) is 0 Å². The molecule has 2 heterocycles. The minimum Gasteiger partial charge on any atom is -0.300 e. The van der Waals surface area contributed by atoms with Crippen LogP contribution in [0.25, 0.3) is 0 Å². The van der Waals surface area contributed by atoms with Crippen molar-refractivity contribution in [2.75, 3.05) is 6.54 Å². The van der Waals surface area contributed by atoms with Crippen molar-refractivity contribution < 1.29 is 0 Å². The fourth-order valence-electron chi connectivity index (χ4n) is 1.44. The average Bonchev–Trinajstić information content (AvgIpc) is 2.51. The predicted molar refractivity (Wildman–Crippen MR) is 67.4 cm³/mol. The molecular weight excluding hydrogens is 328 g/mol. The molecule has 76 valence electrons. The molecule has 5 heteroatoms. The molecule has 1 saturated heterocycles. The van der Waals surface area contributed by atoms with Gasteiger partial charge >= 0.3 is 0 Å². The van der Waals surface area contributed by atoms with Crippen molar-refractivity contribution in [3.05, 3.63) is 26.9 Å². The molecule has 14 heavy (non-hydrogen) atoms. The molecular formula is C9H10Br2N2S. The molecule has 1 aromatic rings. The van der Waals surface area contributed by atoms with E-state index >= 15 is 0 Å². The maximum absolute atomic E-state index is 4.10. The Morgan fingerprint density at radius 2 is 2.07 bits per heavy atom. The fourth-order valence-corrected chi connectivity index (χ4v) is 4.37. The lowest BCUT2D eigenvalue weighted by Gasteiger charge is -2.13. The Hall–Kier alpha value is 0.420. The van der Waals surface area contributed by atoms with Crippen LogP contribution >= 0.6 is 43.6 Å². The molecule has 1 aliphatic heterocycles. The van der Waals surface area contributed by atoms with E-state index in [1.807, 2.05) is 24.2 Å². The lowest BCUT2D eigenvalue weighted by molar-refractivity contribution is 0.713. The van der Waals surface area contributed by atoms with E-state index < -0.39 is 0 Å². The number of nitrogens with one attached hydrogen (secondary N) is 1. The van der Waals surface area contributed by atoms with Crippen molar-refractivity contribution in [2.45, 2.75) is 17.5 Å². The summed E-state index contributed by atoms with van der Waals surface area (Å²) >= 11 is 9.01. The molecule has 1 N–H and O–H groups in total. The first-order chi connectivity index (χ1) is 6.68. The number of rotatable bonds is 1. The first-order valence-corrected chi connectivity index (χ1v) is 6.89. The molecule has 0 saturated carbocycles. The lowest BCUT2D eigenvalue weighted by atomic mass is 10.2. The number of hydrogen-bond donors (Lipinski definition) is 1. The van der Waals surface area contributed by atoms with Gasteiger partial charge in [0.05, 0.1) is 5.37 Å². The Morgan fingerprint density at radius 3 is 2.57 bits per heavy atom. The smallest absolute Gasteiger partial charge is 0.0816 e. The Bertz CT molecular complexity index is 325. The van der Waals surface area contributed by atoms with E-state index in [9.17, 15) is 0 Å². The summed E-state index contributed by atoms with van der Waals surface area (Å²) in [5.41, 5.74) is 1.26. The molecule has 0 bridgehead atoms. The van der Waals surface area contributed by atoms with Crippen LogP contribution in [0.3, 0.4) is 0 Å². The Morgan fingerprint density at radius 1 is 1.43 bits per heavy atom. The van der Waals surface area contributed by atoms with E-state index in [4.69, 9.17) is 0 Å². The highest BCUT2D eigenvalue weighted by Gasteiger charge is 2.26. The maximum atomic E-state index is 4.10. The Kier molecular flexibility index (Phi) is 3.52. The quantitative estimate of drug-likeness (QED) is 0.850. The third-order valence-electron chi connectivity index (χ3n) is 2.11. The summed E-state index contributed by atoms with van der Waals surface area (Å²) in [7, 11) is 0. The zero-order valence-electron chi connectivity index (χ0n) is 7.63. The van der Waals surface area contributed by atoms with Gasteiger partial charge in [-0.1, -0.05) is 6.92 Å². The van der Waals surface area contributed by atoms with Gasteiger partial charge in [-0.3, -0.25) is 4.98 Å². The minimum absolute atomic E-state index is 0.372. The van der Waals surface area contributed by atoms with Crippen LogP contribution in [0, 0.1) is 0 Å². The van der Waals surface area contributed by atoms with Crippen LogP contribution < -0.4 is 5.32 Å². The largest absolute Gasteiger partial charge is 0.300 e. The van der Waals surface area contributed by atoms with Crippen LogP contribution in [0.5, 0.6) is 0 Å². The molecule has 1 aliphatic rings. The molecule has 0 aromatic carbocycles. The number of aromatic nitrogens is 1. The van der Waals surface area contributed by atoms with Gasteiger partial charge in [0.25, 0.3) is 0 Å². The van der Waals surface area contributed by atoms with Gasteiger partial charge in [0.1, 0.15) is 0 Å². The molecule has 1 fully saturated rings. The molecule has 2 nitrogen and oxygen atoms in total. The molecule has 2 unspecified atom stereocenters. The van der Waals surface area contributed by atoms with E-state index in [1.54, 1.807) is 0 Å². The molecule has 2 rings (SSSR count). The predicted octanol–water partition coefficient (Wildman–Crippen LogP) is 3.33. The number of halogens is 2. The van der Waals surface area contributed by atoms with E-state index in [1.165, 1.54) is 5.56 Å². The summed E-state index contributed by atoms with van der Waals surface area (Å²) in [4.78, 5) is 4.10. The monoisotopic (exact) mass is 336 g/mol. The number of thioether (sulfide) groups is 1. The summed E-state index contributed by atoms with van der Waals surface area (Å²) in [5, 5.41) is 4.52. The molecule has 0 aliphatic carbocycles. The van der Waals surface area contributed by atoms with Gasteiger partial charge in [-0.25, -0.2) is 0 Å². The third kappa shape index (κ3) is 2.15. The van der Waals surface area contributed by atoms with Gasteiger partial charge in [0.15, 0.2) is 0 Å². The van der Waals surface area contributed by atoms with Crippen molar-refractivity contribution in [3.8, 4) is 0 Å². The van der Waals surface area contributed by atoms with Crippen molar-refractivity contribution in [1.82, 2.24) is 10.3 Å². The lowest BCUT2D eigenvalue weighted by Crippen LogP contribution is -2.14. The van der Waals surface area contributed by atoms with Gasteiger partial charge in [0, 0.05) is 38.7 Å². The van der Waals surface area contributed by atoms with E-state index in [0.717, 1.165) is 15.5 Å². The first-order valence-electron chi connectivity index (χ1n) is 4.36. The molecule has 1 aromatic heterocycles. The second-order valence-corrected chi connectivity index (χ2v) is 6.51. The summed E-state index contributed by atoms with van der Waals surface area (Å²) in [6, 6.07) is 0. The van der Waals surface area contributed by atoms with Crippen molar-refractivity contribution in [2.24, 2.45) is 0 Å². The van der Waals surface area contributed by atoms with Crippen LogP contribution in [-0.2, 0) is 0 Å². The Labute approximate surface area is 105 Å². The standard InChI is InChI=1S/C9H10Br2N2S/c1-5-2-13-9(14-5)8-6(10)3-12-4-7(8)11/h3-5,9,13H,2H2,1H3. The van der Waals surface area contributed by atoms with E-state index in [2.05, 4.69) is 49.1 Å². The fraction of sp³-hybridized carbons (Fsp3) is 0.444. The van der Waals surface area contributed by atoms with Gasteiger partial charge < -0.3 is 5.32 Å². The highest BCUT2D eigenvalue weighted by atomic mass is 79.9. The van der Waals surface area contributed by atoms with Crippen LogP contribution in [0.15, 0.2) is 21.3 Å². The van der Waals surface area contributed by atoms with Gasteiger partial charge in [-0.15, -0.1) is 11.8 Å². The highest BCUT2D eigenvalue weighted by Crippen LogP contribution is 2.40. The third-order valence-corrected chi connectivity index (χ3v) is 4.68. The van der Waals surface area contributed by atoms with Gasteiger partial charge in [0.2, 0.25) is 0 Å². The minimum atomic E-state index is 0.372. The number of hydrogen-bond acceptors (Lipinski definition) is 3. The van der Waals surface area contributed by atoms with Crippen molar-refractivity contribution in [3.63, 3.8) is 0 Å². The number of nitrogens with zero attached hydrogens (tertiary/aromatic N) is 1. The molecule has 0 amide bonds. The maximum Gasteiger partial charge on any atom is 0.0816 e. The van der Waals surface area contributed by atoms with Crippen LogP contribution in [0.2, 0.25) is 0 Å². The Balaban J connectivity index is 2.31. The van der Waals surface area contributed by atoms with E-state index in [0.29, 0.717) is 10.6 Å². The molecule has 0 spiro atoms. The van der Waals surface area contributed by atoms with Gasteiger partial charge in [-0.2, -0.15) is 0 Å². The number of pyridine rings is 1. The van der Waals surface area contributed by atoms with Crippen LogP contribution in [0.4, 0.5) is 0 Å². The second-order valence-electron chi connectivity index (χ2n) is 3.25. The van der Waals surface area contributed by atoms with Crippen molar-refractivity contribution >= 4 is 43.6 Å². The topological polar surface area (TPSA) is 24.9 Å². The zero-order chi connectivity index (χ0) is 10.1. The summed E-state index contributed by atoms with van der Waals surface area (Å²) in [5.74, 6) is 0. The van der Waals surface area contributed by atoms with Crippen LogP contribution in [0.1, 0.15) is 17.9 Å².